The van der Waals surface area contributed by atoms with Gasteiger partial charge in [-0.1, -0.05) is 48.5 Å². The molecule has 0 saturated carbocycles. The molecule has 2 heteroatoms. The van der Waals surface area contributed by atoms with E-state index in [9.17, 15) is 0 Å². The highest BCUT2D eigenvalue weighted by molar-refractivity contribution is 6.17. The molecular formula is C13H14BN. The van der Waals surface area contributed by atoms with E-state index in [2.05, 4.69) is 61.3 Å². The molecule has 0 aliphatic carbocycles. The lowest BCUT2D eigenvalue weighted by atomic mass is 10.1. The zero-order chi connectivity index (χ0) is 10.5. The Hall–Kier alpha value is -1.70. The van der Waals surface area contributed by atoms with E-state index in [1.807, 2.05) is 12.1 Å². The number of hydrogen-bond acceptors (Lipinski definition) is 1. The summed E-state index contributed by atoms with van der Waals surface area (Å²) in [6.07, 6.45) is 0. The lowest BCUT2D eigenvalue weighted by Crippen LogP contribution is -2.17. The van der Waals surface area contributed by atoms with E-state index in [4.69, 9.17) is 0 Å². The first kappa shape index (κ1) is 9.84. The van der Waals surface area contributed by atoms with Gasteiger partial charge in [-0.2, -0.15) is 0 Å². The molecule has 0 amide bonds. The summed E-state index contributed by atoms with van der Waals surface area (Å²) in [4.78, 5) is 2.25. The standard InChI is InChI=1S/C13H14BN/c14-15(13-9-5-2-6-10-13)11-12-7-3-1-4-8-12/h1-10H,11,14H2. The van der Waals surface area contributed by atoms with Crippen molar-refractivity contribution in [3.8, 4) is 0 Å². The van der Waals surface area contributed by atoms with Crippen molar-refractivity contribution < 1.29 is 0 Å². The van der Waals surface area contributed by atoms with Gasteiger partial charge in [-0.15, -0.1) is 0 Å². The predicted octanol–water partition coefficient (Wildman–Crippen LogP) is 2.24. The Labute approximate surface area is 91.8 Å². The number of rotatable bonds is 3. The molecule has 2 rings (SSSR count). The van der Waals surface area contributed by atoms with Crippen molar-refractivity contribution in [2.45, 2.75) is 6.54 Å². The van der Waals surface area contributed by atoms with E-state index in [0.717, 1.165) is 6.54 Å². The molecule has 2 aromatic carbocycles. The lowest BCUT2D eigenvalue weighted by molar-refractivity contribution is 1.04. The maximum atomic E-state index is 2.25. The summed E-state index contributed by atoms with van der Waals surface area (Å²) >= 11 is 0. The van der Waals surface area contributed by atoms with Crippen LogP contribution in [0.5, 0.6) is 0 Å². The van der Waals surface area contributed by atoms with Crippen LogP contribution in [0.4, 0.5) is 5.69 Å². The fourth-order valence-electron chi connectivity index (χ4n) is 1.63. The van der Waals surface area contributed by atoms with Crippen molar-refractivity contribution >= 4 is 13.7 Å². The summed E-state index contributed by atoms with van der Waals surface area (Å²) in [6.45, 7) is 0.949. The highest BCUT2D eigenvalue weighted by atomic mass is 15.0. The Balaban J connectivity index is 2.08. The van der Waals surface area contributed by atoms with Crippen molar-refractivity contribution in [1.29, 1.82) is 0 Å². The van der Waals surface area contributed by atoms with Crippen LogP contribution in [0, 0.1) is 0 Å². The summed E-state index contributed by atoms with van der Waals surface area (Å²) in [5.74, 6) is 0. The molecule has 0 N–H and O–H groups in total. The van der Waals surface area contributed by atoms with Crippen molar-refractivity contribution in [1.82, 2.24) is 0 Å². The molecule has 0 aliphatic heterocycles. The first-order valence-corrected chi connectivity index (χ1v) is 5.16. The molecule has 0 radical (unpaired) electrons. The third-order valence-electron chi connectivity index (χ3n) is 2.46. The summed E-state index contributed by atoms with van der Waals surface area (Å²) in [5.41, 5.74) is 2.59. The lowest BCUT2D eigenvalue weighted by Gasteiger charge is -2.19. The van der Waals surface area contributed by atoms with Gasteiger partial charge in [0.25, 0.3) is 0 Å². The van der Waals surface area contributed by atoms with Crippen molar-refractivity contribution in [2.75, 3.05) is 4.81 Å². The molecule has 74 valence electrons. The molecular weight excluding hydrogens is 181 g/mol. The smallest absolute Gasteiger partial charge is 0.217 e. The fourth-order valence-corrected chi connectivity index (χ4v) is 1.63. The van der Waals surface area contributed by atoms with Crippen molar-refractivity contribution in [3.05, 3.63) is 66.2 Å². The molecule has 0 unspecified atom stereocenters. The number of anilines is 1. The van der Waals surface area contributed by atoms with Crippen LogP contribution in [0.3, 0.4) is 0 Å². The van der Waals surface area contributed by atoms with Crippen LogP contribution >= 0.6 is 0 Å². The monoisotopic (exact) mass is 195 g/mol. The molecule has 0 aliphatic rings. The van der Waals surface area contributed by atoms with Gasteiger partial charge in [0.05, 0.1) is 0 Å². The number of para-hydroxylation sites is 1. The molecule has 0 aromatic heterocycles. The third-order valence-corrected chi connectivity index (χ3v) is 2.46. The number of hydrogen-bond donors (Lipinski definition) is 0. The molecule has 15 heavy (non-hydrogen) atoms. The van der Waals surface area contributed by atoms with E-state index >= 15 is 0 Å². The number of nitrogens with zero attached hydrogens (tertiary/aromatic N) is 1. The highest BCUT2D eigenvalue weighted by Crippen LogP contribution is 2.13. The van der Waals surface area contributed by atoms with Gasteiger partial charge < -0.3 is 4.81 Å². The zero-order valence-electron chi connectivity index (χ0n) is 8.93. The minimum absolute atomic E-state index is 0.949. The average Bonchev–Trinajstić information content (AvgIpc) is 2.31. The summed E-state index contributed by atoms with van der Waals surface area (Å²) in [7, 11) is 2.11. The van der Waals surface area contributed by atoms with E-state index in [1.54, 1.807) is 0 Å². The molecule has 0 atom stereocenters. The van der Waals surface area contributed by atoms with Crippen LogP contribution in [0.2, 0.25) is 0 Å². The maximum Gasteiger partial charge on any atom is 0.217 e. The van der Waals surface area contributed by atoms with Gasteiger partial charge >= 0.3 is 0 Å². The maximum absolute atomic E-state index is 2.25. The van der Waals surface area contributed by atoms with Gasteiger partial charge in [-0.25, -0.2) is 0 Å². The van der Waals surface area contributed by atoms with Gasteiger partial charge in [0.1, 0.15) is 0 Å². The summed E-state index contributed by atoms with van der Waals surface area (Å²) in [6, 6.07) is 20.9. The average molecular weight is 195 g/mol. The molecule has 0 bridgehead atoms. The molecule has 1 nitrogen and oxygen atoms in total. The van der Waals surface area contributed by atoms with Gasteiger partial charge in [-0.05, 0) is 17.7 Å². The van der Waals surface area contributed by atoms with E-state index in [-0.39, 0.29) is 0 Å². The van der Waals surface area contributed by atoms with Gasteiger partial charge in [0.15, 0.2) is 0 Å². The predicted molar refractivity (Wildman–Crippen MR) is 67.6 cm³/mol. The van der Waals surface area contributed by atoms with Crippen LogP contribution < -0.4 is 4.81 Å². The third kappa shape index (κ3) is 2.63. The van der Waals surface area contributed by atoms with Crippen molar-refractivity contribution in [3.63, 3.8) is 0 Å². The molecule has 0 spiro atoms. The minimum atomic E-state index is 0.949. The minimum Gasteiger partial charge on any atom is -0.418 e. The zero-order valence-corrected chi connectivity index (χ0v) is 8.93. The Morgan fingerprint density at radius 1 is 0.800 bits per heavy atom. The van der Waals surface area contributed by atoms with Gasteiger partial charge in [0, 0.05) is 12.2 Å². The Bertz CT molecular complexity index is 399. The molecule has 2 aromatic rings. The van der Waals surface area contributed by atoms with Crippen LogP contribution in [0.1, 0.15) is 5.56 Å². The summed E-state index contributed by atoms with van der Waals surface area (Å²) < 4.78 is 0. The second-order valence-corrected chi connectivity index (χ2v) is 3.68. The van der Waals surface area contributed by atoms with Crippen LogP contribution in [0.25, 0.3) is 0 Å². The fraction of sp³-hybridized carbons (Fsp3) is 0.0769. The van der Waals surface area contributed by atoms with Gasteiger partial charge in [0.2, 0.25) is 7.98 Å². The Morgan fingerprint density at radius 2 is 1.33 bits per heavy atom. The molecule has 0 saturated heterocycles. The van der Waals surface area contributed by atoms with Gasteiger partial charge in [-0.3, -0.25) is 0 Å². The Morgan fingerprint density at radius 3 is 1.93 bits per heavy atom. The SMILES string of the molecule is BN(Cc1ccccc1)c1ccccc1. The highest BCUT2D eigenvalue weighted by Gasteiger charge is 1.99. The molecule has 0 fully saturated rings. The van der Waals surface area contributed by atoms with E-state index in [0.29, 0.717) is 0 Å². The first-order valence-electron chi connectivity index (χ1n) is 5.16. The van der Waals surface area contributed by atoms with Crippen LogP contribution in [-0.4, -0.2) is 7.98 Å². The summed E-state index contributed by atoms with van der Waals surface area (Å²) in [5, 5.41) is 0. The van der Waals surface area contributed by atoms with E-state index in [1.165, 1.54) is 11.3 Å². The first-order chi connectivity index (χ1) is 7.36. The number of benzene rings is 2. The second kappa shape index (κ2) is 4.69. The van der Waals surface area contributed by atoms with E-state index < -0.39 is 0 Å². The van der Waals surface area contributed by atoms with Crippen LogP contribution in [0.15, 0.2) is 60.7 Å². The molecule has 0 heterocycles. The van der Waals surface area contributed by atoms with Crippen molar-refractivity contribution in [2.24, 2.45) is 0 Å². The normalized spacial score (nSPS) is 9.87. The topological polar surface area (TPSA) is 3.24 Å². The quantitative estimate of drug-likeness (QED) is 0.679. The Kier molecular flexibility index (Phi) is 3.08. The second-order valence-electron chi connectivity index (χ2n) is 3.68. The largest absolute Gasteiger partial charge is 0.418 e. The van der Waals surface area contributed by atoms with Crippen LogP contribution in [-0.2, 0) is 6.54 Å².